The first kappa shape index (κ1) is 17.0. The number of carboxylic acids is 1. The lowest BCUT2D eigenvalue weighted by Crippen LogP contribution is -2.43. The Kier molecular flexibility index (Phi) is 4.92. The summed E-state index contributed by atoms with van der Waals surface area (Å²) in [7, 11) is 0. The molecule has 0 aromatic carbocycles. The molecule has 0 fully saturated rings. The molecule has 6 heteroatoms. The zero-order valence-corrected chi connectivity index (χ0v) is 14.0. The Hall–Kier alpha value is -1.40. The second-order valence-corrected chi connectivity index (χ2v) is 7.87. The van der Waals surface area contributed by atoms with Crippen molar-refractivity contribution >= 4 is 23.2 Å². The predicted octanol–water partition coefficient (Wildman–Crippen LogP) is 2.07. The third-order valence-corrected chi connectivity index (χ3v) is 5.46. The highest BCUT2D eigenvalue weighted by Crippen LogP contribution is 2.40. The van der Waals surface area contributed by atoms with E-state index in [0.717, 1.165) is 24.8 Å². The highest BCUT2D eigenvalue weighted by molar-refractivity contribution is 7.10. The lowest BCUT2D eigenvalue weighted by atomic mass is 9.72. The number of nitrogens with one attached hydrogen (secondary N) is 1. The molecule has 122 valence electrons. The van der Waals surface area contributed by atoms with Crippen LogP contribution in [0.15, 0.2) is 5.38 Å². The average molecular weight is 325 g/mol. The smallest absolute Gasteiger partial charge is 0.328 e. The van der Waals surface area contributed by atoms with Crippen LogP contribution in [-0.4, -0.2) is 34.7 Å². The second-order valence-electron chi connectivity index (χ2n) is 6.90. The van der Waals surface area contributed by atoms with Crippen molar-refractivity contribution in [2.24, 2.45) is 11.3 Å². The number of carboxylic acid groups (broad SMARTS) is 1. The predicted molar refractivity (Wildman–Crippen MR) is 85.3 cm³/mol. The first-order valence-electron chi connectivity index (χ1n) is 7.47. The lowest BCUT2D eigenvalue weighted by molar-refractivity contribution is -0.140. The summed E-state index contributed by atoms with van der Waals surface area (Å²) < 4.78 is 0. The fourth-order valence-corrected chi connectivity index (χ4v) is 4.02. The van der Waals surface area contributed by atoms with Gasteiger partial charge in [0.2, 0.25) is 0 Å². The maximum absolute atomic E-state index is 12.3. The number of carbonyl (C=O) groups excluding carboxylic acids is 1. The molecule has 0 spiro atoms. The minimum Gasteiger partial charge on any atom is -0.480 e. The summed E-state index contributed by atoms with van der Waals surface area (Å²) in [6, 6.07) is -1.26. The summed E-state index contributed by atoms with van der Waals surface area (Å²) in [5, 5.41) is 22.1. The molecule has 5 nitrogen and oxygen atoms in total. The Labute approximate surface area is 134 Å². The number of thiophene rings is 1. The van der Waals surface area contributed by atoms with Gasteiger partial charge in [-0.15, -0.1) is 11.3 Å². The summed E-state index contributed by atoms with van der Waals surface area (Å²) in [5.74, 6) is -1.04. The SMILES string of the molecule is CC(C)(C)C1CCc2c(C(=O)NC(CO)C(=O)O)csc2C1. The summed E-state index contributed by atoms with van der Waals surface area (Å²) in [5.41, 5.74) is 1.85. The second kappa shape index (κ2) is 6.38. The largest absolute Gasteiger partial charge is 0.480 e. The van der Waals surface area contributed by atoms with Crippen molar-refractivity contribution in [3.05, 3.63) is 21.4 Å². The molecule has 1 amide bonds. The van der Waals surface area contributed by atoms with E-state index in [9.17, 15) is 9.59 Å². The zero-order valence-electron chi connectivity index (χ0n) is 13.2. The van der Waals surface area contributed by atoms with Gasteiger partial charge in [-0.25, -0.2) is 4.79 Å². The topological polar surface area (TPSA) is 86.6 Å². The number of rotatable bonds is 4. The van der Waals surface area contributed by atoms with Crippen molar-refractivity contribution in [2.45, 2.75) is 46.1 Å². The van der Waals surface area contributed by atoms with E-state index >= 15 is 0 Å². The molecule has 1 aromatic rings. The van der Waals surface area contributed by atoms with Crippen LogP contribution in [0, 0.1) is 11.3 Å². The Morgan fingerprint density at radius 3 is 2.68 bits per heavy atom. The molecule has 2 atom stereocenters. The summed E-state index contributed by atoms with van der Waals surface area (Å²) >= 11 is 1.57. The Morgan fingerprint density at radius 1 is 1.45 bits per heavy atom. The van der Waals surface area contributed by atoms with Gasteiger partial charge >= 0.3 is 5.97 Å². The number of aliphatic hydroxyl groups is 1. The van der Waals surface area contributed by atoms with E-state index in [2.05, 4.69) is 26.1 Å². The van der Waals surface area contributed by atoms with Crippen LogP contribution < -0.4 is 5.32 Å². The Balaban J connectivity index is 2.15. The van der Waals surface area contributed by atoms with E-state index < -0.39 is 24.5 Å². The molecule has 2 rings (SSSR count). The first-order valence-corrected chi connectivity index (χ1v) is 8.35. The van der Waals surface area contributed by atoms with Crippen LogP contribution in [0.5, 0.6) is 0 Å². The van der Waals surface area contributed by atoms with Gasteiger partial charge in [-0.3, -0.25) is 4.79 Å². The van der Waals surface area contributed by atoms with Crippen LogP contribution in [0.2, 0.25) is 0 Å². The van der Waals surface area contributed by atoms with Crippen molar-refractivity contribution in [3.8, 4) is 0 Å². The fraction of sp³-hybridized carbons (Fsp3) is 0.625. The van der Waals surface area contributed by atoms with Gasteiger partial charge < -0.3 is 15.5 Å². The van der Waals surface area contributed by atoms with Crippen LogP contribution in [0.4, 0.5) is 0 Å². The van der Waals surface area contributed by atoms with Crippen LogP contribution >= 0.6 is 11.3 Å². The molecule has 1 aliphatic rings. The molecule has 0 bridgehead atoms. The molecule has 1 heterocycles. The van der Waals surface area contributed by atoms with E-state index in [1.165, 1.54) is 4.88 Å². The van der Waals surface area contributed by atoms with Gasteiger partial charge in [0.25, 0.3) is 5.91 Å². The Bertz CT molecular complexity index is 573. The standard InChI is InChI=1S/C16H23NO4S/c1-16(2,3)9-4-5-10-11(8-22-13(10)6-9)14(19)17-12(7-18)15(20)21/h8-9,12,18H,4-7H2,1-3H3,(H,17,19)(H,20,21). The first-order chi connectivity index (χ1) is 10.2. The molecule has 0 saturated carbocycles. The normalized spacial score (nSPS) is 19.4. The third kappa shape index (κ3) is 3.50. The summed E-state index contributed by atoms with van der Waals surface area (Å²) in [6.07, 6.45) is 2.86. The molecule has 3 N–H and O–H groups in total. The van der Waals surface area contributed by atoms with Crippen molar-refractivity contribution in [3.63, 3.8) is 0 Å². The van der Waals surface area contributed by atoms with E-state index in [1.54, 1.807) is 16.7 Å². The average Bonchev–Trinajstić information content (AvgIpc) is 2.86. The van der Waals surface area contributed by atoms with E-state index in [0.29, 0.717) is 11.5 Å². The zero-order chi connectivity index (χ0) is 16.5. The minimum atomic E-state index is -1.26. The molecule has 0 radical (unpaired) electrons. The van der Waals surface area contributed by atoms with Crippen molar-refractivity contribution in [1.82, 2.24) is 5.32 Å². The number of aliphatic hydroxyl groups excluding tert-OH is 1. The van der Waals surface area contributed by atoms with Crippen LogP contribution in [0.25, 0.3) is 0 Å². The van der Waals surface area contributed by atoms with Gasteiger partial charge in [0.05, 0.1) is 12.2 Å². The molecule has 1 aromatic heterocycles. The maximum Gasteiger partial charge on any atom is 0.328 e. The van der Waals surface area contributed by atoms with Crippen LogP contribution in [0.3, 0.4) is 0 Å². The van der Waals surface area contributed by atoms with Crippen molar-refractivity contribution < 1.29 is 19.8 Å². The van der Waals surface area contributed by atoms with Crippen LogP contribution in [0.1, 0.15) is 48.0 Å². The van der Waals surface area contributed by atoms with Gasteiger partial charge in [0.1, 0.15) is 0 Å². The number of aliphatic carboxylic acids is 1. The molecule has 0 saturated heterocycles. The van der Waals surface area contributed by atoms with Crippen molar-refractivity contribution in [2.75, 3.05) is 6.61 Å². The number of amides is 1. The fourth-order valence-electron chi connectivity index (χ4n) is 2.86. The highest BCUT2D eigenvalue weighted by Gasteiger charge is 2.32. The van der Waals surface area contributed by atoms with Gasteiger partial charge in [0, 0.05) is 10.3 Å². The molecule has 2 unspecified atom stereocenters. The Morgan fingerprint density at radius 2 is 2.14 bits per heavy atom. The molecule has 0 aliphatic heterocycles. The van der Waals surface area contributed by atoms with Gasteiger partial charge in [-0.1, -0.05) is 20.8 Å². The quantitative estimate of drug-likeness (QED) is 0.791. The van der Waals surface area contributed by atoms with E-state index in [-0.39, 0.29) is 5.41 Å². The third-order valence-electron chi connectivity index (χ3n) is 4.41. The van der Waals surface area contributed by atoms with Crippen LogP contribution in [-0.2, 0) is 17.6 Å². The summed E-state index contributed by atoms with van der Waals surface area (Å²) in [4.78, 5) is 24.4. The van der Waals surface area contributed by atoms with Crippen molar-refractivity contribution in [1.29, 1.82) is 0 Å². The van der Waals surface area contributed by atoms with Gasteiger partial charge in [0.15, 0.2) is 6.04 Å². The number of carbonyl (C=O) groups is 2. The molecular formula is C16H23NO4S. The number of hydrogen-bond donors (Lipinski definition) is 3. The lowest BCUT2D eigenvalue weighted by Gasteiger charge is -2.34. The van der Waals surface area contributed by atoms with Gasteiger partial charge in [-0.05, 0) is 36.2 Å². The monoisotopic (exact) mass is 325 g/mol. The minimum absolute atomic E-state index is 0.245. The molecular weight excluding hydrogens is 302 g/mol. The number of hydrogen-bond acceptors (Lipinski definition) is 4. The number of fused-ring (bicyclic) bond motifs is 1. The van der Waals surface area contributed by atoms with E-state index in [1.807, 2.05) is 0 Å². The van der Waals surface area contributed by atoms with Gasteiger partial charge in [-0.2, -0.15) is 0 Å². The maximum atomic E-state index is 12.3. The highest BCUT2D eigenvalue weighted by atomic mass is 32.1. The summed E-state index contributed by atoms with van der Waals surface area (Å²) in [6.45, 7) is 6.10. The molecule has 1 aliphatic carbocycles. The van der Waals surface area contributed by atoms with E-state index in [4.69, 9.17) is 10.2 Å². The molecule has 22 heavy (non-hydrogen) atoms.